The minimum Gasteiger partial charge on any atom is -0.380 e. The zero-order valence-corrected chi connectivity index (χ0v) is 12.2. The number of benzene rings is 1. The van der Waals surface area contributed by atoms with Gasteiger partial charge in [0.05, 0.1) is 0 Å². The molecule has 1 aromatic carbocycles. The van der Waals surface area contributed by atoms with E-state index in [1.54, 1.807) is 0 Å². The van der Waals surface area contributed by atoms with Gasteiger partial charge in [-0.15, -0.1) is 11.3 Å². The first-order valence-corrected chi connectivity index (χ1v) is 7.42. The molecule has 2 aromatic rings. The van der Waals surface area contributed by atoms with Crippen molar-refractivity contribution in [2.45, 2.75) is 39.7 Å². The summed E-state index contributed by atoms with van der Waals surface area (Å²) in [5.41, 5.74) is 2.60. The topological polar surface area (TPSA) is 12.0 Å². The van der Waals surface area contributed by atoms with E-state index in [9.17, 15) is 0 Å². The van der Waals surface area contributed by atoms with Crippen LogP contribution in [0, 0.1) is 0 Å². The zero-order valence-electron chi connectivity index (χ0n) is 11.4. The predicted molar refractivity (Wildman–Crippen MR) is 81.6 cm³/mol. The average Bonchev–Trinajstić information content (AvgIpc) is 2.84. The molecule has 2 heteroatoms. The van der Waals surface area contributed by atoms with Crippen LogP contribution in [0.15, 0.2) is 36.4 Å². The van der Waals surface area contributed by atoms with Crippen LogP contribution in [0.1, 0.15) is 42.0 Å². The molecule has 0 fully saturated rings. The predicted octanol–water partition coefficient (Wildman–Crippen LogP) is 5.05. The summed E-state index contributed by atoms with van der Waals surface area (Å²) in [6, 6.07) is 13.2. The molecule has 0 atom stereocenters. The lowest BCUT2D eigenvalue weighted by molar-refractivity contribution is 0.866. The maximum Gasteiger partial charge on any atom is 0.0494 e. The van der Waals surface area contributed by atoms with E-state index in [0.29, 0.717) is 5.92 Å². The molecule has 0 aliphatic rings. The summed E-state index contributed by atoms with van der Waals surface area (Å²) in [5, 5.41) is 3.50. The Morgan fingerprint density at radius 3 is 2.56 bits per heavy atom. The van der Waals surface area contributed by atoms with Gasteiger partial charge in [0.25, 0.3) is 0 Å². The van der Waals surface area contributed by atoms with Crippen molar-refractivity contribution < 1.29 is 0 Å². The van der Waals surface area contributed by atoms with Gasteiger partial charge in [0, 0.05) is 22.0 Å². The molecule has 0 unspecified atom stereocenters. The summed E-state index contributed by atoms with van der Waals surface area (Å²) in [6.45, 7) is 7.58. The summed E-state index contributed by atoms with van der Waals surface area (Å²) in [5.74, 6) is 0.584. The van der Waals surface area contributed by atoms with Gasteiger partial charge in [-0.3, -0.25) is 0 Å². The molecule has 0 bridgehead atoms. The maximum absolute atomic E-state index is 3.50. The molecule has 0 aliphatic carbocycles. The second-order valence-electron chi connectivity index (χ2n) is 4.86. The number of nitrogens with one attached hydrogen (secondary N) is 1. The zero-order chi connectivity index (χ0) is 13.0. The first-order valence-electron chi connectivity index (χ1n) is 6.60. The van der Waals surface area contributed by atoms with Crippen LogP contribution in [0.4, 0.5) is 5.69 Å². The average molecular weight is 259 g/mol. The molecule has 96 valence electrons. The van der Waals surface area contributed by atoms with E-state index in [4.69, 9.17) is 0 Å². The van der Waals surface area contributed by atoms with Crippen LogP contribution >= 0.6 is 11.3 Å². The molecule has 0 saturated carbocycles. The molecule has 1 aromatic heterocycles. The molecule has 0 amide bonds. The van der Waals surface area contributed by atoms with Crippen molar-refractivity contribution in [3.63, 3.8) is 0 Å². The largest absolute Gasteiger partial charge is 0.380 e. The van der Waals surface area contributed by atoms with Crippen molar-refractivity contribution in [1.29, 1.82) is 0 Å². The Morgan fingerprint density at radius 2 is 1.89 bits per heavy atom. The van der Waals surface area contributed by atoms with E-state index in [-0.39, 0.29) is 0 Å². The van der Waals surface area contributed by atoms with Crippen molar-refractivity contribution >= 4 is 17.0 Å². The first kappa shape index (κ1) is 13.2. The SMILES string of the molecule is CCc1ccc(CNc2cccc(C(C)C)c2)s1. The maximum atomic E-state index is 3.50. The molecular weight excluding hydrogens is 238 g/mol. The molecule has 0 spiro atoms. The Bertz CT molecular complexity index is 499. The number of anilines is 1. The summed E-state index contributed by atoms with van der Waals surface area (Å²) in [4.78, 5) is 2.87. The molecule has 0 radical (unpaired) electrons. The van der Waals surface area contributed by atoms with Crippen LogP contribution in [0.2, 0.25) is 0 Å². The Morgan fingerprint density at radius 1 is 1.11 bits per heavy atom. The minimum absolute atomic E-state index is 0.584. The van der Waals surface area contributed by atoms with Crippen LogP contribution in [-0.2, 0) is 13.0 Å². The highest BCUT2D eigenvalue weighted by Gasteiger charge is 2.01. The van der Waals surface area contributed by atoms with Crippen molar-refractivity contribution in [1.82, 2.24) is 0 Å². The quantitative estimate of drug-likeness (QED) is 0.792. The normalized spacial score (nSPS) is 10.9. The molecule has 1 N–H and O–H groups in total. The molecule has 1 nitrogen and oxygen atoms in total. The number of thiophene rings is 1. The third-order valence-electron chi connectivity index (χ3n) is 3.09. The van der Waals surface area contributed by atoms with Crippen LogP contribution in [-0.4, -0.2) is 0 Å². The number of aryl methyl sites for hydroxylation is 1. The van der Waals surface area contributed by atoms with E-state index in [0.717, 1.165) is 13.0 Å². The van der Waals surface area contributed by atoms with E-state index in [2.05, 4.69) is 62.5 Å². The minimum atomic E-state index is 0.584. The third-order valence-corrected chi connectivity index (χ3v) is 4.32. The van der Waals surface area contributed by atoms with Crippen LogP contribution < -0.4 is 5.32 Å². The number of rotatable bonds is 5. The number of hydrogen-bond donors (Lipinski definition) is 1. The Kier molecular flexibility index (Phi) is 4.43. The standard InChI is InChI=1S/C16H21NS/c1-4-15-8-9-16(18-15)11-17-14-7-5-6-13(10-14)12(2)3/h5-10,12,17H,4,11H2,1-3H3. The lowest BCUT2D eigenvalue weighted by Crippen LogP contribution is -1.98. The monoisotopic (exact) mass is 259 g/mol. The van der Waals surface area contributed by atoms with Crippen molar-refractivity contribution in [2.24, 2.45) is 0 Å². The van der Waals surface area contributed by atoms with E-state index in [1.807, 2.05) is 11.3 Å². The van der Waals surface area contributed by atoms with Gasteiger partial charge in [-0.1, -0.05) is 32.9 Å². The fraction of sp³-hybridized carbons (Fsp3) is 0.375. The van der Waals surface area contributed by atoms with Crippen LogP contribution in [0.3, 0.4) is 0 Å². The molecule has 0 aliphatic heterocycles. The smallest absolute Gasteiger partial charge is 0.0494 e. The second kappa shape index (κ2) is 6.05. The summed E-state index contributed by atoms with van der Waals surface area (Å²) < 4.78 is 0. The van der Waals surface area contributed by atoms with Gasteiger partial charge in [0.1, 0.15) is 0 Å². The second-order valence-corrected chi connectivity index (χ2v) is 6.11. The summed E-state index contributed by atoms with van der Waals surface area (Å²) >= 11 is 1.90. The Hall–Kier alpha value is -1.28. The lowest BCUT2D eigenvalue weighted by Gasteiger charge is -2.09. The lowest BCUT2D eigenvalue weighted by atomic mass is 10.0. The van der Waals surface area contributed by atoms with E-state index >= 15 is 0 Å². The van der Waals surface area contributed by atoms with Gasteiger partial charge in [0.15, 0.2) is 0 Å². The fourth-order valence-corrected chi connectivity index (χ4v) is 2.80. The first-order chi connectivity index (χ1) is 8.69. The van der Waals surface area contributed by atoms with E-state index < -0.39 is 0 Å². The highest BCUT2D eigenvalue weighted by Crippen LogP contribution is 2.21. The van der Waals surface area contributed by atoms with Gasteiger partial charge in [0.2, 0.25) is 0 Å². The van der Waals surface area contributed by atoms with Gasteiger partial charge >= 0.3 is 0 Å². The molecule has 18 heavy (non-hydrogen) atoms. The van der Waals surface area contributed by atoms with Gasteiger partial charge in [-0.2, -0.15) is 0 Å². The Balaban J connectivity index is 1.99. The van der Waals surface area contributed by atoms with Gasteiger partial charge in [-0.25, -0.2) is 0 Å². The van der Waals surface area contributed by atoms with Crippen LogP contribution in [0.25, 0.3) is 0 Å². The highest BCUT2D eigenvalue weighted by molar-refractivity contribution is 7.12. The third kappa shape index (κ3) is 3.36. The van der Waals surface area contributed by atoms with Crippen molar-refractivity contribution in [3.05, 3.63) is 51.7 Å². The van der Waals surface area contributed by atoms with Crippen molar-refractivity contribution in [3.8, 4) is 0 Å². The summed E-state index contributed by atoms with van der Waals surface area (Å²) in [6.07, 6.45) is 1.13. The molecule has 0 saturated heterocycles. The Labute approximate surface area is 114 Å². The van der Waals surface area contributed by atoms with Gasteiger partial charge < -0.3 is 5.32 Å². The molecular formula is C16H21NS. The fourth-order valence-electron chi connectivity index (χ4n) is 1.90. The van der Waals surface area contributed by atoms with Gasteiger partial charge in [-0.05, 0) is 42.2 Å². The van der Waals surface area contributed by atoms with E-state index in [1.165, 1.54) is 21.0 Å². The molecule has 2 rings (SSSR count). The van der Waals surface area contributed by atoms with Crippen LogP contribution in [0.5, 0.6) is 0 Å². The summed E-state index contributed by atoms with van der Waals surface area (Å²) in [7, 11) is 0. The highest BCUT2D eigenvalue weighted by atomic mass is 32.1. The number of hydrogen-bond acceptors (Lipinski definition) is 2. The molecule has 1 heterocycles. The van der Waals surface area contributed by atoms with Crippen molar-refractivity contribution in [2.75, 3.05) is 5.32 Å².